The molecule has 5 nitrogen and oxygen atoms in total. The second kappa shape index (κ2) is 8.70. The predicted octanol–water partition coefficient (Wildman–Crippen LogP) is 2.27. The van der Waals surface area contributed by atoms with Crippen molar-refractivity contribution in [2.45, 2.75) is 44.9 Å². The lowest BCUT2D eigenvalue weighted by Gasteiger charge is -2.33. The molecule has 1 saturated heterocycles. The molecule has 0 atom stereocenters. The first kappa shape index (κ1) is 20.0. The van der Waals surface area contributed by atoms with E-state index < -0.39 is 9.84 Å². The van der Waals surface area contributed by atoms with Gasteiger partial charge in [-0.25, -0.2) is 8.42 Å². The molecule has 1 N–H and O–H groups in total. The second-order valence-corrected chi connectivity index (χ2v) is 8.95. The van der Waals surface area contributed by atoms with E-state index in [1.165, 1.54) is 44.8 Å². The number of hydrogen-bond acceptors (Lipinski definition) is 3. The minimum atomic E-state index is -2.86. The van der Waals surface area contributed by atoms with Gasteiger partial charge >= 0.3 is 0 Å². The van der Waals surface area contributed by atoms with Crippen LogP contribution in [0.1, 0.15) is 44.9 Å². The fraction of sp³-hybridized carbons (Fsp3) is 0.933. The van der Waals surface area contributed by atoms with Crippen LogP contribution in [-0.2, 0) is 9.84 Å². The molecule has 0 aromatic rings. The van der Waals surface area contributed by atoms with Crippen LogP contribution in [0.15, 0.2) is 4.99 Å². The van der Waals surface area contributed by atoms with Gasteiger partial charge in [-0.05, 0) is 31.1 Å². The monoisotopic (exact) mass is 443 g/mol. The van der Waals surface area contributed by atoms with Crippen molar-refractivity contribution in [3.63, 3.8) is 0 Å². The highest BCUT2D eigenvalue weighted by Gasteiger charge is 2.39. The summed E-state index contributed by atoms with van der Waals surface area (Å²) in [6.45, 7) is 2.85. The molecule has 1 aliphatic carbocycles. The SMILES string of the molecule is CN=C(NCCCS(C)(=O)=O)N1CCC2(CCCCC2)C1.I. The zero-order valence-electron chi connectivity index (χ0n) is 13.8. The van der Waals surface area contributed by atoms with E-state index in [1.807, 2.05) is 7.05 Å². The van der Waals surface area contributed by atoms with Crippen molar-refractivity contribution in [1.82, 2.24) is 10.2 Å². The summed E-state index contributed by atoms with van der Waals surface area (Å²) >= 11 is 0. The Morgan fingerprint density at radius 1 is 1.23 bits per heavy atom. The van der Waals surface area contributed by atoms with Crippen molar-refractivity contribution in [3.8, 4) is 0 Å². The van der Waals surface area contributed by atoms with E-state index in [4.69, 9.17) is 0 Å². The normalized spacial score (nSPS) is 21.7. The van der Waals surface area contributed by atoms with Gasteiger partial charge in [-0.15, -0.1) is 24.0 Å². The van der Waals surface area contributed by atoms with E-state index in [1.54, 1.807) is 0 Å². The predicted molar refractivity (Wildman–Crippen MR) is 103 cm³/mol. The standard InChI is InChI=1S/C15H29N3O2S.HI/c1-16-14(17-10-6-12-21(2,19)20)18-11-9-15(13-18)7-4-3-5-8-15;/h3-13H2,1-2H3,(H,16,17);1H. The highest BCUT2D eigenvalue weighted by Crippen LogP contribution is 2.43. The van der Waals surface area contributed by atoms with Gasteiger partial charge < -0.3 is 10.2 Å². The summed E-state index contributed by atoms with van der Waals surface area (Å²) < 4.78 is 22.3. The van der Waals surface area contributed by atoms with Crippen molar-refractivity contribution in [2.75, 3.05) is 38.7 Å². The lowest BCUT2D eigenvalue weighted by Crippen LogP contribution is -2.42. The maximum Gasteiger partial charge on any atom is 0.193 e. The van der Waals surface area contributed by atoms with Crippen molar-refractivity contribution in [3.05, 3.63) is 0 Å². The lowest BCUT2D eigenvalue weighted by molar-refractivity contribution is 0.203. The van der Waals surface area contributed by atoms with Crippen molar-refractivity contribution >= 4 is 39.8 Å². The number of aliphatic imine (C=N–C) groups is 1. The lowest BCUT2D eigenvalue weighted by atomic mass is 9.73. The average molecular weight is 443 g/mol. The fourth-order valence-electron chi connectivity index (χ4n) is 3.69. The van der Waals surface area contributed by atoms with Crippen LogP contribution < -0.4 is 5.32 Å². The quantitative estimate of drug-likeness (QED) is 0.314. The first-order valence-electron chi connectivity index (χ1n) is 8.07. The van der Waals surface area contributed by atoms with Gasteiger partial charge in [-0.3, -0.25) is 4.99 Å². The highest BCUT2D eigenvalue weighted by molar-refractivity contribution is 14.0. The summed E-state index contributed by atoms with van der Waals surface area (Å²) in [5, 5.41) is 3.32. The molecule has 2 rings (SSSR count). The van der Waals surface area contributed by atoms with Gasteiger partial charge in [-0.1, -0.05) is 19.3 Å². The van der Waals surface area contributed by atoms with Crippen LogP contribution >= 0.6 is 24.0 Å². The molecule has 0 radical (unpaired) electrons. The molecule has 130 valence electrons. The summed E-state index contributed by atoms with van der Waals surface area (Å²) in [6, 6.07) is 0. The summed E-state index contributed by atoms with van der Waals surface area (Å²) in [5.41, 5.74) is 0.516. The number of rotatable bonds is 4. The molecule has 0 aromatic heterocycles. The molecule has 2 aliphatic rings. The van der Waals surface area contributed by atoms with E-state index in [-0.39, 0.29) is 29.7 Å². The fourth-order valence-corrected chi connectivity index (χ4v) is 4.36. The van der Waals surface area contributed by atoms with Crippen LogP contribution in [0, 0.1) is 5.41 Å². The third kappa shape index (κ3) is 5.86. The molecule has 22 heavy (non-hydrogen) atoms. The number of nitrogens with zero attached hydrogens (tertiary/aromatic N) is 2. The first-order chi connectivity index (χ1) is 9.94. The number of halogens is 1. The zero-order valence-corrected chi connectivity index (χ0v) is 17.0. The molecule has 0 aromatic carbocycles. The minimum Gasteiger partial charge on any atom is -0.356 e. The maximum absolute atomic E-state index is 11.1. The third-order valence-electron chi connectivity index (χ3n) is 4.84. The summed E-state index contributed by atoms with van der Waals surface area (Å²) in [4.78, 5) is 6.72. The van der Waals surface area contributed by atoms with Crippen molar-refractivity contribution in [2.24, 2.45) is 10.4 Å². The molecule has 7 heteroatoms. The molecule has 1 heterocycles. The average Bonchev–Trinajstić information content (AvgIpc) is 2.82. The van der Waals surface area contributed by atoms with Gasteiger partial charge in [0, 0.05) is 32.9 Å². The number of sulfone groups is 1. The van der Waals surface area contributed by atoms with Crippen LogP contribution in [0.5, 0.6) is 0 Å². The largest absolute Gasteiger partial charge is 0.356 e. The minimum absolute atomic E-state index is 0. The van der Waals surface area contributed by atoms with E-state index in [9.17, 15) is 8.42 Å². The summed E-state index contributed by atoms with van der Waals surface area (Å²) in [6.07, 6.45) is 10.0. The highest BCUT2D eigenvalue weighted by atomic mass is 127. The van der Waals surface area contributed by atoms with E-state index in [0.29, 0.717) is 18.4 Å². The Labute approximate surface area is 152 Å². The van der Waals surface area contributed by atoms with Crippen molar-refractivity contribution < 1.29 is 8.42 Å². The second-order valence-electron chi connectivity index (χ2n) is 6.69. The zero-order chi connectivity index (χ0) is 15.3. The Hall–Kier alpha value is -0.0500. The molecule has 0 bridgehead atoms. The Kier molecular flexibility index (Phi) is 7.91. The Morgan fingerprint density at radius 3 is 2.50 bits per heavy atom. The number of guanidine groups is 1. The Morgan fingerprint density at radius 2 is 1.91 bits per heavy atom. The van der Waals surface area contributed by atoms with Gasteiger partial charge in [0.15, 0.2) is 5.96 Å². The number of likely N-dealkylation sites (tertiary alicyclic amines) is 1. The molecule has 0 unspecified atom stereocenters. The molecule has 1 aliphatic heterocycles. The molecule has 0 amide bonds. The van der Waals surface area contributed by atoms with Gasteiger partial charge in [0.25, 0.3) is 0 Å². The molecule has 1 spiro atoms. The van der Waals surface area contributed by atoms with Crippen LogP contribution in [0.4, 0.5) is 0 Å². The van der Waals surface area contributed by atoms with Gasteiger partial charge in [0.05, 0.1) is 5.75 Å². The number of hydrogen-bond donors (Lipinski definition) is 1. The van der Waals surface area contributed by atoms with Crippen LogP contribution in [0.2, 0.25) is 0 Å². The first-order valence-corrected chi connectivity index (χ1v) is 10.1. The van der Waals surface area contributed by atoms with Gasteiger partial charge in [0.1, 0.15) is 9.84 Å². The Bertz CT molecular complexity index is 473. The van der Waals surface area contributed by atoms with Gasteiger partial charge in [0.2, 0.25) is 0 Å². The molecule has 1 saturated carbocycles. The number of nitrogens with one attached hydrogen (secondary N) is 1. The third-order valence-corrected chi connectivity index (χ3v) is 5.87. The van der Waals surface area contributed by atoms with Crippen molar-refractivity contribution in [1.29, 1.82) is 0 Å². The summed E-state index contributed by atoms with van der Waals surface area (Å²) in [7, 11) is -1.05. The molecular formula is C15H30IN3O2S. The van der Waals surface area contributed by atoms with E-state index in [2.05, 4.69) is 15.2 Å². The van der Waals surface area contributed by atoms with Crippen LogP contribution in [0.3, 0.4) is 0 Å². The topological polar surface area (TPSA) is 61.8 Å². The van der Waals surface area contributed by atoms with Gasteiger partial charge in [-0.2, -0.15) is 0 Å². The smallest absolute Gasteiger partial charge is 0.193 e. The molecular weight excluding hydrogens is 413 g/mol. The summed E-state index contributed by atoms with van der Waals surface area (Å²) in [5.74, 6) is 1.17. The van der Waals surface area contributed by atoms with Crippen LogP contribution in [-0.4, -0.2) is 58.0 Å². The van der Waals surface area contributed by atoms with E-state index >= 15 is 0 Å². The van der Waals surface area contributed by atoms with Crippen LogP contribution in [0.25, 0.3) is 0 Å². The Balaban J connectivity index is 0.00000242. The van der Waals surface area contributed by atoms with E-state index in [0.717, 1.165) is 19.0 Å². The maximum atomic E-state index is 11.1. The molecule has 2 fully saturated rings.